The molecular weight excluding hydrogens is 375 g/mol. The summed E-state index contributed by atoms with van der Waals surface area (Å²) in [7, 11) is 0. The molecule has 3 heterocycles. The molecule has 1 unspecified atom stereocenters. The molecule has 150 valence electrons. The molecule has 7 nitrogen and oxygen atoms in total. The summed E-state index contributed by atoms with van der Waals surface area (Å²) in [6, 6.07) is 12.3. The Balaban J connectivity index is 1.29. The van der Waals surface area contributed by atoms with Gasteiger partial charge in [0.1, 0.15) is 0 Å². The van der Waals surface area contributed by atoms with Crippen LogP contribution in [0.1, 0.15) is 29.2 Å². The highest BCUT2D eigenvalue weighted by Crippen LogP contribution is 2.18. The van der Waals surface area contributed by atoms with Crippen molar-refractivity contribution in [3.63, 3.8) is 0 Å². The Morgan fingerprint density at radius 3 is 2.93 bits per heavy atom. The lowest BCUT2D eigenvalue weighted by molar-refractivity contribution is 0.00216. The van der Waals surface area contributed by atoms with Gasteiger partial charge < -0.3 is 14.2 Å². The van der Waals surface area contributed by atoms with Crippen LogP contribution in [0.3, 0.4) is 0 Å². The lowest BCUT2D eigenvalue weighted by Crippen LogP contribution is -2.44. The van der Waals surface area contributed by atoms with E-state index in [1.165, 1.54) is 18.3 Å². The van der Waals surface area contributed by atoms with E-state index >= 15 is 0 Å². The maximum absolute atomic E-state index is 13.8. The molecule has 4 rings (SSSR count). The molecule has 3 aromatic rings. The molecule has 1 aliphatic rings. The van der Waals surface area contributed by atoms with Crippen LogP contribution in [0.4, 0.5) is 4.39 Å². The molecule has 1 aliphatic heterocycles. The quantitative estimate of drug-likeness (QED) is 0.637. The number of nitrogens with zero attached hydrogens (tertiary/aromatic N) is 4. The van der Waals surface area contributed by atoms with Crippen LogP contribution in [-0.4, -0.2) is 51.7 Å². The van der Waals surface area contributed by atoms with Crippen molar-refractivity contribution in [2.75, 3.05) is 19.7 Å². The predicted molar refractivity (Wildman–Crippen MR) is 103 cm³/mol. The Morgan fingerprint density at radius 1 is 1.24 bits per heavy atom. The van der Waals surface area contributed by atoms with Crippen molar-refractivity contribution in [1.29, 1.82) is 0 Å². The largest absolute Gasteiger partial charge is 0.376 e. The van der Waals surface area contributed by atoms with Gasteiger partial charge in [0.05, 0.1) is 12.7 Å². The molecule has 1 atom stereocenters. The van der Waals surface area contributed by atoms with Crippen molar-refractivity contribution in [2.24, 2.45) is 0 Å². The van der Waals surface area contributed by atoms with Crippen LogP contribution >= 0.6 is 0 Å². The van der Waals surface area contributed by atoms with Crippen LogP contribution in [0.2, 0.25) is 0 Å². The first kappa shape index (κ1) is 19.2. The van der Waals surface area contributed by atoms with Gasteiger partial charge in [-0.15, -0.1) is 0 Å². The maximum atomic E-state index is 13.8. The van der Waals surface area contributed by atoms with E-state index in [4.69, 9.17) is 9.26 Å². The van der Waals surface area contributed by atoms with E-state index in [9.17, 15) is 9.18 Å². The van der Waals surface area contributed by atoms with Gasteiger partial charge in [-0.05, 0) is 37.1 Å². The topological polar surface area (TPSA) is 81.4 Å². The summed E-state index contributed by atoms with van der Waals surface area (Å²) >= 11 is 0. The minimum absolute atomic E-state index is 0.111. The molecule has 29 heavy (non-hydrogen) atoms. The second-order valence-corrected chi connectivity index (χ2v) is 6.85. The second kappa shape index (κ2) is 8.91. The first-order chi connectivity index (χ1) is 14.2. The fourth-order valence-electron chi connectivity index (χ4n) is 3.32. The zero-order valence-corrected chi connectivity index (χ0v) is 15.8. The van der Waals surface area contributed by atoms with E-state index in [2.05, 4.69) is 15.1 Å². The predicted octanol–water partition coefficient (Wildman–Crippen LogP) is 3.13. The Hall–Kier alpha value is -3.13. The lowest BCUT2D eigenvalue weighted by Gasteiger charge is -2.32. The Labute approximate surface area is 167 Å². The first-order valence-corrected chi connectivity index (χ1v) is 9.60. The number of piperidine rings is 1. The molecule has 2 aromatic heterocycles. The number of ether oxygens (including phenoxy) is 1. The van der Waals surface area contributed by atoms with Crippen molar-refractivity contribution < 1.29 is 18.4 Å². The third-order valence-corrected chi connectivity index (χ3v) is 4.79. The van der Waals surface area contributed by atoms with Crippen LogP contribution in [0.15, 0.2) is 53.2 Å². The van der Waals surface area contributed by atoms with Gasteiger partial charge in [0, 0.05) is 31.3 Å². The van der Waals surface area contributed by atoms with Gasteiger partial charge >= 0.3 is 0 Å². The minimum Gasteiger partial charge on any atom is -0.376 e. The number of aromatic nitrogens is 3. The number of hydrogen-bond acceptors (Lipinski definition) is 6. The Morgan fingerprint density at radius 2 is 2.10 bits per heavy atom. The van der Waals surface area contributed by atoms with Crippen LogP contribution < -0.4 is 0 Å². The van der Waals surface area contributed by atoms with Crippen molar-refractivity contribution in [2.45, 2.75) is 25.4 Å². The number of carbonyl (C=O) groups excluding carboxylic acids is 1. The lowest BCUT2D eigenvalue weighted by atomic mass is 10.1. The number of benzene rings is 1. The number of halogens is 1. The monoisotopic (exact) mass is 396 g/mol. The number of likely N-dealkylation sites (tertiary alicyclic amines) is 1. The second-order valence-electron chi connectivity index (χ2n) is 6.85. The van der Waals surface area contributed by atoms with Gasteiger partial charge in [-0.3, -0.25) is 4.79 Å². The van der Waals surface area contributed by atoms with E-state index < -0.39 is 11.7 Å². The van der Waals surface area contributed by atoms with Gasteiger partial charge in [0.25, 0.3) is 11.8 Å². The molecule has 1 fully saturated rings. The van der Waals surface area contributed by atoms with Crippen molar-refractivity contribution >= 4 is 5.91 Å². The third kappa shape index (κ3) is 4.65. The summed E-state index contributed by atoms with van der Waals surface area (Å²) in [4.78, 5) is 22.4. The Kier molecular flexibility index (Phi) is 5.90. The van der Waals surface area contributed by atoms with E-state index in [0.29, 0.717) is 37.8 Å². The minimum atomic E-state index is -0.605. The smallest absolute Gasteiger partial charge is 0.275 e. The maximum Gasteiger partial charge on any atom is 0.275 e. The van der Waals surface area contributed by atoms with Crippen LogP contribution in [0.25, 0.3) is 11.5 Å². The fraction of sp³-hybridized carbons (Fsp3) is 0.333. The average Bonchev–Trinajstić information content (AvgIpc) is 3.23. The van der Waals surface area contributed by atoms with Crippen LogP contribution in [0, 0.1) is 5.82 Å². The number of carbonyl (C=O) groups is 1. The highest BCUT2D eigenvalue weighted by molar-refractivity contribution is 5.92. The SMILES string of the molecule is O=C(c1ncccc1F)N1CCCC(OCCc2noc(-c3ccccc3)n2)C1. The normalized spacial score (nSPS) is 16.7. The molecule has 0 saturated carbocycles. The molecule has 0 bridgehead atoms. The Bertz CT molecular complexity index is 963. The molecule has 0 aliphatic carbocycles. The van der Waals surface area contributed by atoms with Gasteiger partial charge in [0.2, 0.25) is 0 Å². The number of amides is 1. The summed E-state index contributed by atoms with van der Waals surface area (Å²) in [5, 5.41) is 3.99. The molecule has 1 amide bonds. The summed E-state index contributed by atoms with van der Waals surface area (Å²) < 4.78 is 25.1. The van der Waals surface area contributed by atoms with Crippen molar-refractivity contribution in [3.05, 3.63) is 66.0 Å². The summed E-state index contributed by atoms with van der Waals surface area (Å²) in [6.07, 6.45) is 3.46. The molecule has 1 saturated heterocycles. The summed E-state index contributed by atoms with van der Waals surface area (Å²) in [5.41, 5.74) is 0.726. The van der Waals surface area contributed by atoms with E-state index in [1.54, 1.807) is 4.90 Å². The zero-order chi connectivity index (χ0) is 20.1. The van der Waals surface area contributed by atoms with Gasteiger partial charge in [-0.1, -0.05) is 23.4 Å². The number of pyridine rings is 1. The van der Waals surface area contributed by atoms with Crippen LogP contribution in [0.5, 0.6) is 0 Å². The van der Waals surface area contributed by atoms with Gasteiger partial charge in [-0.25, -0.2) is 9.37 Å². The molecule has 8 heteroatoms. The molecule has 0 radical (unpaired) electrons. The zero-order valence-electron chi connectivity index (χ0n) is 15.8. The average molecular weight is 396 g/mol. The van der Waals surface area contributed by atoms with Gasteiger partial charge in [-0.2, -0.15) is 4.98 Å². The highest BCUT2D eigenvalue weighted by Gasteiger charge is 2.27. The fourth-order valence-corrected chi connectivity index (χ4v) is 3.32. The van der Waals surface area contributed by atoms with Gasteiger partial charge in [0.15, 0.2) is 17.3 Å². The number of hydrogen-bond donors (Lipinski definition) is 0. The van der Waals surface area contributed by atoms with E-state index in [1.807, 2.05) is 30.3 Å². The number of rotatable bonds is 6. The summed E-state index contributed by atoms with van der Waals surface area (Å²) in [6.45, 7) is 1.40. The highest BCUT2D eigenvalue weighted by atomic mass is 19.1. The molecule has 1 aromatic carbocycles. The van der Waals surface area contributed by atoms with E-state index in [0.717, 1.165) is 18.4 Å². The molecule has 0 spiro atoms. The summed E-state index contributed by atoms with van der Waals surface area (Å²) in [5.74, 6) is 0.0458. The van der Waals surface area contributed by atoms with Crippen molar-refractivity contribution in [3.8, 4) is 11.5 Å². The first-order valence-electron chi connectivity index (χ1n) is 9.60. The standard InChI is InChI=1S/C21H21FN4O3/c22-17-9-4-11-23-19(17)21(27)26-12-5-8-16(14-26)28-13-10-18-24-20(29-25-18)15-6-2-1-3-7-15/h1-4,6-7,9,11,16H,5,8,10,12-14H2. The molecular formula is C21H21FN4O3. The van der Waals surface area contributed by atoms with Crippen molar-refractivity contribution in [1.82, 2.24) is 20.0 Å². The van der Waals surface area contributed by atoms with Crippen LogP contribution in [-0.2, 0) is 11.2 Å². The molecule has 0 N–H and O–H groups in total. The van der Waals surface area contributed by atoms with E-state index in [-0.39, 0.29) is 11.8 Å². The third-order valence-electron chi connectivity index (χ3n) is 4.79.